The molecule has 1 aliphatic heterocycles. The molecule has 8 nitrogen and oxygen atoms in total. The van der Waals surface area contributed by atoms with Crippen LogP contribution in [-0.4, -0.2) is 43.5 Å². The summed E-state index contributed by atoms with van der Waals surface area (Å²) in [5.74, 6) is 2.27. The maximum Gasteiger partial charge on any atom is 0.228 e. The van der Waals surface area contributed by atoms with Crippen molar-refractivity contribution in [2.75, 3.05) is 23.3 Å². The zero-order valence-corrected chi connectivity index (χ0v) is 14.2. The van der Waals surface area contributed by atoms with Crippen LogP contribution in [0, 0.1) is 5.92 Å². The van der Waals surface area contributed by atoms with Crippen molar-refractivity contribution in [3.63, 3.8) is 0 Å². The summed E-state index contributed by atoms with van der Waals surface area (Å²) in [6.45, 7) is 1.56. The van der Waals surface area contributed by atoms with E-state index in [0.29, 0.717) is 5.82 Å². The van der Waals surface area contributed by atoms with Crippen LogP contribution in [0.15, 0.2) is 55.5 Å². The van der Waals surface area contributed by atoms with Gasteiger partial charge in [-0.1, -0.05) is 6.07 Å². The molecule has 3 aromatic heterocycles. The Morgan fingerprint density at radius 2 is 1.92 bits per heavy atom. The van der Waals surface area contributed by atoms with Crippen LogP contribution in [0.3, 0.4) is 0 Å². The van der Waals surface area contributed by atoms with E-state index in [1.165, 1.54) is 0 Å². The van der Waals surface area contributed by atoms with Gasteiger partial charge in [0.15, 0.2) is 0 Å². The summed E-state index contributed by atoms with van der Waals surface area (Å²) in [6.07, 6.45) is 10.1. The van der Waals surface area contributed by atoms with Crippen LogP contribution >= 0.6 is 0 Å². The third kappa shape index (κ3) is 3.53. The molecule has 0 radical (unpaired) electrons. The number of carbonyl (C=O) groups excluding carboxylic acids is 1. The molecule has 0 bridgehead atoms. The molecule has 0 aliphatic carbocycles. The molecule has 0 saturated carbocycles. The Hall–Kier alpha value is -3.29. The van der Waals surface area contributed by atoms with E-state index >= 15 is 0 Å². The zero-order valence-electron chi connectivity index (χ0n) is 14.2. The quantitative estimate of drug-likeness (QED) is 0.774. The van der Waals surface area contributed by atoms with Crippen LogP contribution < -0.4 is 10.2 Å². The Morgan fingerprint density at radius 1 is 1.08 bits per heavy atom. The van der Waals surface area contributed by atoms with Gasteiger partial charge in [-0.15, -0.1) is 0 Å². The van der Waals surface area contributed by atoms with E-state index in [2.05, 4.69) is 30.2 Å². The van der Waals surface area contributed by atoms with E-state index in [9.17, 15) is 4.79 Å². The fourth-order valence-electron chi connectivity index (χ4n) is 3.08. The van der Waals surface area contributed by atoms with Crippen LogP contribution in [0.4, 0.5) is 11.6 Å². The molecule has 1 saturated heterocycles. The third-order valence-corrected chi connectivity index (χ3v) is 4.51. The lowest BCUT2D eigenvalue weighted by atomic mass is 9.96. The number of nitrogens with one attached hydrogen (secondary N) is 1. The molecule has 0 aromatic carbocycles. The molecule has 26 heavy (non-hydrogen) atoms. The van der Waals surface area contributed by atoms with Gasteiger partial charge in [0.05, 0.1) is 0 Å². The number of carbonyl (C=O) groups is 1. The maximum absolute atomic E-state index is 12.4. The van der Waals surface area contributed by atoms with Crippen molar-refractivity contribution < 1.29 is 4.79 Å². The van der Waals surface area contributed by atoms with Crippen molar-refractivity contribution >= 4 is 17.5 Å². The number of hydrogen-bond acceptors (Lipinski definition) is 6. The Bertz CT molecular complexity index is 858. The van der Waals surface area contributed by atoms with Crippen LogP contribution in [0.25, 0.3) is 5.82 Å². The number of piperidine rings is 1. The summed E-state index contributed by atoms with van der Waals surface area (Å²) in [7, 11) is 0. The summed E-state index contributed by atoms with van der Waals surface area (Å²) in [5, 5.41) is 2.89. The van der Waals surface area contributed by atoms with E-state index in [-0.39, 0.29) is 11.8 Å². The van der Waals surface area contributed by atoms with Gasteiger partial charge in [0.1, 0.15) is 30.1 Å². The summed E-state index contributed by atoms with van der Waals surface area (Å²) in [4.78, 5) is 31.5. The second-order valence-electron chi connectivity index (χ2n) is 6.17. The number of nitrogens with zero attached hydrogens (tertiary/aromatic N) is 6. The van der Waals surface area contributed by atoms with E-state index in [0.717, 1.165) is 37.6 Å². The van der Waals surface area contributed by atoms with Crippen LogP contribution in [0.5, 0.6) is 0 Å². The molecule has 0 spiro atoms. The minimum atomic E-state index is -0.0109. The highest BCUT2D eigenvalue weighted by molar-refractivity contribution is 5.91. The highest BCUT2D eigenvalue weighted by Gasteiger charge is 2.26. The SMILES string of the molecule is O=C(Nc1ccccn1)C1CCN(c2cc(-n3ccnc3)ncn2)CC1. The second-order valence-corrected chi connectivity index (χ2v) is 6.17. The van der Waals surface area contributed by atoms with Gasteiger partial charge in [0, 0.05) is 43.7 Å². The molecular weight excluding hydrogens is 330 g/mol. The first kappa shape index (κ1) is 16.2. The zero-order chi connectivity index (χ0) is 17.8. The van der Waals surface area contributed by atoms with Gasteiger partial charge in [0.25, 0.3) is 0 Å². The van der Waals surface area contributed by atoms with Crippen molar-refractivity contribution in [2.45, 2.75) is 12.8 Å². The van der Waals surface area contributed by atoms with Gasteiger partial charge in [-0.3, -0.25) is 9.36 Å². The standard InChI is InChI=1S/C18H19N7O/c26-18(23-15-3-1-2-6-20-15)14-4-8-24(9-5-14)16-11-17(22-12-21-16)25-10-7-19-13-25/h1-3,6-7,10-14H,4-5,8-9H2,(H,20,23,26). The van der Waals surface area contributed by atoms with Gasteiger partial charge in [0.2, 0.25) is 5.91 Å². The minimum absolute atomic E-state index is 0.0109. The van der Waals surface area contributed by atoms with Gasteiger partial charge in [-0.25, -0.2) is 19.9 Å². The Labute approximate surface area is 150 Å². The van der Waals surface area contributed by atoms with Crippen molar-refractivity contribution in [1.29, 1.82) is 0 Å². The smallest absolute Gasteiger partial charge is 0.228 e. The Balaban J connectivity index is 1.38. The molecular formula is C18H19N7O. The van der Waals surface area contributed by atoms with Gasteiger partial charge >= 0.3 is 0 Å². The number of anilines is 2. The lowest BCUT2D eigenvalue weighted by molar-refractivity contribution is -0.120. The summed E-state index contributed by atoms with van der Waals surface area (Å²) < 4.78 is 1.85. The molecule has 1 N–H and O–H groups in total. The van der Waals surface area contributed by atoms with Crippen LogP contribution in [0.1, 0.15) is 12.8 Å². The summed E-state index contributed by atoms with van der Waals surface area (Å²) in [5.41, 5.74) is 0. The van der Waals surface area contributed by atoms with Crippen LogP contribution in [-0.2, 0) is 4.79 Å². The normalized spacial score (nSPS) is 15.0. The maximum atomic E-state index is 12.4. The van der Waals surface area contributed by atoms with Gasteiger partial charge in [-0.05, 0) is 25.0 Å². The summed E-state index contributed by atoms with van der Waals surface area (Å²) in [6, 6.07) is 7.42. The molecule has 3 aromatic rings. The van der Waals surface area contributed by atoms with E-state index in [4.69, 9.17) is 0 Å². The summed E-state index contributed by atoms with van der Waals surface area (Å²) >= 11 is 0. The number of aromatic nitrogens is 5. The molecule has 1 amide bonds. The fraction of sp³-hybridized carbons (Fsp3) is 0.278. The highest BCUT2D eigenvalue weighted by atomic mass is 16.1. The first-order valence-electron chi connectivity index (χ1n) is 8.57. The molecule has 0 atom stereocenters. The predicted octanol–water partition coefficient (Wildman–Crippen LogP) is 1.91. The first-order chi connectivity index (χ1) is 12.8. The van der Waals surface area contributed by atoms with Gasteiger partial charge in [-0.2, -0.15) is 0 Å². The number of imidazole rings is 1. The molecule has 1 fully saturated rings. The van der Waals surface area contributed by atoms with Crippen molar-refractivity contribution in [2.24, 2.45) is 5.92 Å². The fourth-order valence-corrected chi connectivity index (χ4v) is 3.08. The molecule has 4 rings (SSSR count). The molecule has 1 aliphatic rings. The lowest BCUT2D eigenvalue weighted by Gasteiger charge is -2.32. The topological polar surface area (TPSA) is 88.8 Å². The highest BCUT2D eigenvalue weighted by Crippen LogP contribution is 2.23. The third-order valence-electron chi connectivity index (χ3n) is 4.51. The Kier molecular flexibility index (Phi) is 4.55. The number of pyridine rings is 1. The average molecular weight is 349 g/mol. The van der Waals surface area contributed by atoms with E-state index in [1.807, 2.05) is 29.0 Å². The molecule has 0 unspecified atom stereocenters. The molecule has 132 valence electrons. The number of rotatable bonds is 4. The van der Waals surface area contributed by atoms with Gasteiger partial charge < -0.3 is 10.2 Å². The van der Waals surface area contributed by atoms with E-state index in [1.54, 1.807) is 31.1 Å². The second kappa shape index (κ2) is 7.30. The largest absolute Gasteiger partial charge is 0.356 e. The first-order valence-corrected chi connectivity index (χ1v) is 8.57. The average Bonchev–Trinajstić information content (AvgIpc) is 3.24. The predicted molar refractivity (Wildman–Crippen MR) is 97.0 cm³/mol. The van der Waals surface area contributed by atoms with Crippen LogP contribution in [0.2, 0.25) is 0 Å². The molecule has 8 heteroatoms. The number of hydrogen-bond donors (Lipinski definition) is 1. The Morgan fingerprint density at radius 3 is 2.65 bits per heavy atom. The van der Waals surface area contributed by atoms with Crippen molar-refractivity contribution in [3.05, 3.63) is 55.5 Å². The van der Waals surface area contributed by atoms with Crippen molar-refractivity contribution in [1.82, 2.24) is 24.5 Å². The monoisotopic (exact) mass is 349 g/mol. The van der Waals surface area contributed by atoms with E-state index < -0.39 is 0 Å². The number of amides is 1. The minimum Gasteiger partial charge on any atom is -0.356 e. The lowest BCUT2D eigenvalue weighted by Crippen LogP contribution is -2.38. The van der Waals surface area contributed by atoms with Crippen molar-refractivity contribution in [3.8, 4) is 5.82 Å². The molecule has 4 heterocycles.